The SMILES string of the molecule is O=C1CCc2cc(CNC(=O)Oc3ccccc3)ccc2N1. The summed E-state index contributed by atoms with van der Waals surface area (Å²) in [7, 11) is 0. The molecule has 0 fully saturated rings. The largest absolute Gasteiger partial charge is 0.412 e. The van der Waals surface area contributed by atoms with Crippen molar-refractivity contribution in [2.24, 2.45) is 0 Å². The highest BCUT2D eigenvalue weighted by atomic mass is 16.6. The van der Waals surface area contributed by atoms with E-state index in [-0.39, 0.29) is 5.91 Å². The highest BCUT2D eigenvalue weighted by Crippen LogP contribution is 2.23. The van der Waals surface area contributed by atoms with Gasteiger partial charge in [0.15, 0.2) is 0 Å². The third-order valence-electron chi connectivity index (χ3n) is 3.46. The Balaban J connectivity index is 1.57. The van der Waals surface area contributed by atoms with Gasteiger partial charge in [0.25, 0.3) is 0 Å². The number of aryl methyl sites for hydroxylation is 1. The van der Waals surface area contributed by atoms with E-state index in [2.05, 4.69) is 10.6 Å². The van der Waals surface area contributed by atoms with E-state index in [0.29, 0.717) is 18.7 Å². The lowest BCUT2D eigenvalue weighted by Gasteiger charge is -2.17. The topological polar surface area (TPSA) is 67.4 Å². The molecule has 2 aromatic rings. The Morgan fingerprint density at radius 1 is 1.14 bits per heavy atom. The number of nitrogens with one attached hydrogen (secondary N) is 2. The molecule has 5 nitrogen and oxygen atoms in total. The van der Waals surface area contributed by atoms with Crippen molar-refractivity contribution in [1.29, 1.82) is 0 Å². The van der Waals surface area contributed by atoms with Crippen LogP contribution in [-0.2, 0) is 17.8 Å². The number of amides is 2. The molecule has 0 aromatic heterocycles. The van der Waals surface area contributed by atoms with Crippen LogP contribution in [0.5, 0.6) is 5.75 Å². The van der Waals surface area contributed by atoms with Crippen molar-refractivity contribution in [2.45, 2.75) is 19.4 Å². The Kier molecular flexibility index (Phi) is 4.05. The molecule has 22 heavy (non-hydrogen) atoms. The third kappa shape index (κ3) is 3.44. The maximum absolute atomic E-state index is 11.7. The Bertz CT molecular complexity index is 698. The molecule has 0 atom stereocenters. The van der Waals surface area contributed by atoms with Crippen molar-refractivity contribution < 1.29 is 14.3 Å². The fourth-order valence-corrected chi connectivity index (χ4v) is 2.35. The van der Waals surface area contributed by atoms with E-state index in [1.807, 2.05) is 24.3 Å². The summed E-state index contributed by atoms with van der Waals surface area (Å²) < 4.78 is 5.16. The van der Waals surface area contributed by atoms with Crippen LogP contribution in [-0.4, -0.2) is 12.0 Å². The lowest BCUT2D eigenvalue weighted by atomic mass is 10.0. The highest BCUT2D eigenvalue weighted by Gasteiger charge is 2.14. The van der Waals surface area contributed by atoms with Gasteiger partial charge in [-0.25, -0.2) is 4.79 Å². The van der Waals surface area contributed by atoms with Gasteiger partial charge in [0.1, 0.15) is 5.75 Å². The molecule has 112 valence electrons. The Labute approximate surface area is 128 Å². The van der Waals surface area contributed by atoms with Crippen LogP contribution < -0.4 is 15.4 Å². The number of fused-ring (bicyclic) bond motifs is 1. The maximum atomic E-state index is 11.7. The van der Waals surface area contributed by atoms with Crippen molar-refractivity contribution in [1.82, 2.24) is 5.32 Å². The highest BCUT2D eigenvalue weighted by molar-refractivity contribution is 5.93. The number of hydrogen-bond acceptors (Lipinski definition) is 3. The van der Waals surface area contributed by atoms with Crippen molar-refractivity contribution in [3.05, 3.63) is 59.7 Å². The standard InChI is InChI=1S/C17H16N2O3/c20-16-9-7-13-10-12(6-8-15(13)19-16)11-18-17(21)22-14-4-2-1-3-5-14/h1-6,8,10H,7,9,11H2,(H,18,21)(H,19,20). The van der Waals surface area contributed by atoms with E-state index < -0.39 is 6.09 Å². The molecule has 5 heteroatoms. The average Bonchev–Trinajstić information content (AvgIpc) is 2.54. The number of benzene rings is 2. The van der Waals surface area contributed by atoms with Crippen LogP contribution >= 0.6 is 0 Å². The summed E-state index contributed by atoms with van der Waals surface area (Å²) in [5.74, 6) is 0.554. The zero-order chi connectivity index (χ0) is 15.4. The van der Waals surface area contributed by atoms with Crippen LogP contribution in [0.3, 0.4) is 0 Å². The molecule has 2 aromatic carbocycles. The molecule has 0 aliphatic carbocycles. The zero-order valence-corrected chi connectivity index (χ0v) is 12.0. The molecular weight excluding hydrogens is 280 g/mol. The van der Waals surface area contributed by atoms with Gasteiger partial charge in [-0.2, -0.15) is 0 Å². The van der Waals surface area contributed by atoms with Gasteiger partial charge in [-0.15, -0.1) is 0 Å². The second kappa shape index (κ2) is 6.30. The Hall–Kier alpha value is -2.82. The monoisotopic (exact) mass is 296 g/mol. The Morgan fingerprint density at radius 3 is 2.77 bits per heavy atom. The number of carbonyl (C=O) groups excluding carboxylic acids is 2. The van der Waals surface area contributed by atoms with E-state index in [9.17, 15) is 9.59 Å². The number of ether oxygens (including phenoxy) is 1. The molecule has 0 bridgehead atoms. The fourth-order valence-electron chi connectivity index (χ4n) is 2.35. The van der Waals surface area contributed by atoms with E-state index >= 15 is 0 Å². The smallest absolute Gasteiger partial charge is 0.410 e. The van der Waals surface area contributed by atoms with Crippen LogP contribution in [0, 0.1) is 0 Å². The van der Waals surface area contributed by atoms with Gasteiger partial charge >= 0.3 is 6.09 Å². The van der Waals surface area contributed by atoms with Crippen molar-refractivity contribution >= 4 is 17.7 Å². The first-order valence-electron chi connectivity index (χ1n) is 7.13. The second-order valence-corrected chi connectivity index (χ2v) is 5.10. The number of hydrogen-bond donors (Lipinski definition) is 2. The Morgan fingerprint density at radius 2 is 1.95 bits per heavy atom. The molecule has 0 unspecified atom stereocenters. The number of para-hydroxylation sites is 1. The van der Waals surface area contributed by atoms with Crippen LogP contribution in [0.25, 0.3) is 0 Å². The maximum Gasteiger partial charge on any atom is 0.412 e. The van der Waals surface area contributed by atoms with Gasteiger partial charge in [0.05, 0.1) is 0 Å². The van der Waals surface area contributed by atoms with E-state index in [0.717, 1.165) is 23.2 Å². The summed E-state index contributed by atoms with van der Waals surface area (Å²) in [6, 6.07) is 14.7. The molecule has 0 saturated heterocycles. The quantitative estimate of drug-likeness (QED) is 0.915. The van der Waals surface area contributed by atoms with Gasteiger partial charge in [-0.1, -0.05) is 30.3 Å². The summed E-state index contributed by atoms with van der Waals surface area (Å²) in [5, 5.41) is 5.55. The van der Waals surface area contributed by atoms with Crippen LogP contribution in [0.2, 0.25) is 0 Å². The van der Waals surface area contributed by atoms with Gasteiger partial charge in [-0.05, 0) is 35.7 Å². The summed E-state index contributed by atoms with van der Waals surface area (Å²) in [5.41, 5.74) is 2.92. The molecule has 0 spiro atoms. The molecule has 1 aliphatic rings. The lowest BCUT2D eigenvalue weighted by Crippen LogP contribution is -2.26. The first-order chi connectivity index (χ1) is 10.7. The lowest BCUT2D eigenvalue weighted by molar-refractivity contribution is -0.116. The molecule has 1 heterocycles. The first-order valence-corrected chi connectivity index (χ1v) is 7.13. The van der Waals surface area contributed by atoms with Gasteiger partial charge in [-0.3, -0.25) is 4.79 Å². The van der Waals surface area contributed by atoms with Gasteiger partial charge in [0.2, 0.25) is 5.91 Å². The van der Waals surface area contributed by atoms with Crippen LogP contribution in [0.4, 0.5) is 10.5 Å². The van der Waals surface area contributed by atoms with E-state index in [4.69, 9.17) is 4.74 Å². The predicted octanol–water partition coefficient (Wildman–Crippen LogP) is 2.86. The van der Waals surface area contributed by atoms with Crippen molar-refractivity contribution in [2.75, 3.05) is 5.32 Å². The van der Waals surface area contributed by atoms with Crippen molar-refractivity contribution in [3.63, 3.8) is 0 Å². The molecule has 0 radical (unpaired) electrons. The molecule has 2 N–H and O–H groups in total. The average molecular weight is 296 g/mol. The number of carbonyl (C=O) groups is 2. The summed E-state index contributed by atoms with van der Waals surface area (Å²) in [6.07, 6.45) is 0.737. The summed E-state index contributed by atoms with van der Waals surface area (Å²) >= 11 is 0. The normalized spacial score (nSPS) is 13.0. The van der Waals surface area contributed by atoms with Gasteiger partial charge < -0.3 is 15.4 Å². The van der Waals surface area contributed by atoms with Crippen LogP contribution in [0.15, 0.2) is 48.5 Å². The molecule has 1 aliphatic heterocycles. The van der Waals surface area contributed by atoms with E-state index in [1.165, 1.54) is 0 Å². The molecule has 2 amide bonds. The number of rotatable bonds is 3. The van der Waals surface area contributed by atoms with Gasteiger partial charge in [0, 0.05) is 18.7 Å². The summed E-state index contributed by atoms with van der Waals surface area (Å²) in [6.45, 7) is 0.382. The third-order valence-corrected chi connectivity index (χ3v) is 3.46. The second-order valence-electron chi connectivity index (χ2n) is 5.10. The fraction of sp³-hybridized carbons (Fsp3) is 0.176. The minimum atomic E-state index is -0.489. The number of anilines is 1. The molecular formula is C17H16N2O3. The van der Waals surface area contributed by atoms with Crippen LogP contribution in [0.1, 0.15) is 17.5 Å². The van der Waals surface area contributed by atoms with Crippen molar-refractivity contribution in [3.8, 4) is 5.75 Å². The van der Waals surface area contributed by atoms with E-state index in [1.54, 1.807) is 24.3 Å². The summed E-state index contributed by atoms with van der Waals surface area (Å²) in [4.78, 5) is 23.0. The first kappa shape index (κ1) is 14.1. The minimum Gasteiger partial charge on any atom is -0.410 e. The zero-order valence-electron chi connectivity index (χ0n) is 12.0. The molecule has 0 saturated carbocycles. The predicted molar refractivity (Wildman–Crippen MR) is 82.7 cm³/mol. The molecule has 3 rings (SSSR count). The minimum absolute atomic E-state index is 0.0461.